The van der Waals surface area contributed by atoms with Crippen LogP contribution in [0.5, 0.6) is 0 Å². The lowest BCUT2D eigenvalue weighted by molar-refractivity contribution is 0.139. The highest BCUT2D eigenvalue weighted by molar-refractivity contribution is 6.00. The third-order valence-corrected chi connectivity index (χ3v) is 3.49. The molecule has 6 heteroatoms. The van der Waals surface area contributed by atoms with E-state index in [0.717, 1.165) is 38.2 Å². The molecule has 19 heavy (non-hydrogen) atoms. The zero-order valence-corrected chi connectivity index (χ0v) is 11.1. The Labute approximate surface area is 112 Å². The number of aromatic nitrogens is 1. The highest BCUT2D eigenvalue weighted by atomic mass is 16.5. The molecule has 1 fully saturated rings. The van der Waals surface area contributed by atoms with Crippen molar-refractivity contribution in [3.63, 3.8) is 0 Å². The summed E-state index contributed by atoms with van der Waals surface area (Å²) in [4.78, 5) is 6.43. The third-order valence-electron chi connectivity index (χ3n) is 3.49. The molecule has 0 amide bonds. The summed E-state index contributed by atoms with van der Waals surface area (Å²) in [7, 11) is 1.74. The summed E-state index contributed by atoms with van der Waals surface area (Å²) < 4.78 is 5.20. The van der Waals surface area contributed by atoms with Crippen molar-refractivity contribution in [1.29, 1.82) is 0 Å². The number of nitrogens with two attached hydrogens (primary N) is 1. The third kappa shape index (κ3) is 3.14. The van der Waals surface area contributed by atoms with Gasteiger partial charge in [-0.3, -0.25) is 4.98 Å². The topological polar surface area (TPSA) is 84.0 Å². The summed E-state index contributed by atoms with van der Waals surface area (Å²) in [5.74, 6) is 0.667. The normalized spacial score (nSPS) is 17.7. The number of anilines is 1. The number of piperidine rings is 1. The molecule has 0 aromatic carbocycles. The number of amidine groups is 1. The SMILES string of the molecule is COCC1CCN(c2cccnc2/C(N)=N/O)CC1. The van der Waals surface area contributed by atoms with E-state index in [4.69, 9.17) is 15.7 Å². The minimum absolute atomic E-state index is 0.0506. The Morgan fingerprint density at radius 2 is 2.32 bits per heavy atom. The Hall–Kier alpha value is -1.82. The van der Waals surface area contributed by atoms with Gasteiger partial charge in [-0.25, -0.2) is 0 Å². The molecule has 1 saturated heterocycles. The first-order valence-electron chi connectivity index (χ1n) is 6.43. The van der Waals surface area contributed by atoms with Gasteiger partial charge in [0.15, 0.2) is 5.84 Å². The van der Waals surface area contributed by atoms with E-state index in [9.17, 15) is 0 Å². The van der Waals surface area contributed by atoms with E-state index in [-0.39, 0.29) is 5.84 Å². The van der Waals surface area contributed by atoms with Crippen molar-refractivity contribution in [1.82, 2.24) is 4.98 Å². The lowest BCUT2D eigenvalue weighted by atomic mass is 9.97. The van der Waals surface area contributed by atoms with E-state index < -0.39 is 0 Å². The first-order valence-corrected chi connectivity index (χ1v) is 6.43. The number of hydrogen-bond acceptors (Lipinski definition) is 5. The molecule has 1 aliphatic heterocycles. The van der Waals surface area contributed by atoms with Gasteiger partial charge in [-0.1, -0.05) is 5.16 Å². The first-order chi connectivity index (χ1) is 9.26. The van der Waals surface area contributed by atoms with E-state index in [1.807, 2.05) is 12.1 Å². The Bertz CT molecular complexity index is 442. The van der Waals surface area contributed by atoms with Gasteiger partial charge in [-0.05, 0) is 30.9 Å². The second-order valence-corrected chi connectivity index (χ2v) is 4.74. The van der Waals surface area contributed by atoms with Crippen molar-refractivity contribution in [3.05, 3.63) is 24.0 Å². The molecule has 0 radical (unpaired) electrons. The number of nitrogens with zero attached hydrogens (tertiary/aromatic N) is 3. The van der Waals surface area contributed by atoms with Crippen LogP contribution in [0.2, 0.25) is 0 Å². The predicted octanol–water partition coefficient (Wildman–Crippen LogP) is 1.04. The summed E-state index contributed by atoms with van der Waals surface area (Å²) in [6.45, 7) is 2.69. The van der Waals surface area contributed by atoms with Crippen LogP contribution in [0.25, 0.3) is 0 Å². The average Bonchev–Trinajstić information content (AvgIpc) is 2.47. The highest BCUT2D eigenvalue weighted by Crippen LogP contribution is 2.25. The molecular weight excluding hydrogens is 244 g/mol. The summed E-state index contributed by atoms with van der Waals surface area (Å²) in [5.41, 5.74) is 7.13. The monoisotopic (exact) mass is 264 g/mol. The van der Waals surface area contributed by atoms with Crippen molar-refractivity contribution < 1.29 is 9.94 Å². The largest absolute Gasteiger partial charge is 0.409 e. The van der Waals surface area contributed by atoms with Crippen LogP contribution in [-0.4, -0.2) is 42.8 Å². The van der Waals surface area contributed by atoms with Gasteiger partial charge >= 0.3 is 0 Å². The fourth-order valence-electron chi connectivity index (χ4n) is 2.47. The maximum Gasteiger partial charge on any atom is 0.190 e. The molecule has 0 spiro atoms. The van der Waals surface area contributed by atoms with Crippen LogP contribution in [0.1, 0.15) is 18.5 Å². The van der Waals surface area contributed by atoms with E-state index in [1.54, 1.807) is 13.3 Å². The second kappa shape index (κ2) is 6.38. The van der Waals surface area contributed by atoms with E-state index in [2.05, 4.69) is 15.0 Å². The quantitative estimate of drug-likeness (QED) is 0.367. The standard InChI is InChI=1S/C13H20N4O2/c1-19-9-10-4-7-17(8-5-10)11-3-2-6-15-12(11)13(14)16-18/h2-3,6,10,18H,4-5,7-9H2,1H3,(H2,14,16). The van der Waals surface area contributed by atoms with Crippen molar-refractivity contribution >= 4 is 11.5 Å². The Morgan fingerprint density at radius 1 is 1.58 bits per heavy atom. The molecule has 104 valence electrons. The lowest BCUT2D eigenvalue weighted by Crippen LogP contribution is -2.36. The minimum atomic E-state index is 0.0506. The molecule has 6 nitrogen and oxygen atoms in total. The molecule has 0 saturated carbocycles. The van der Waals surface area contributed by atoms with E-state index in [1.165, 1.54) is 0 Å². The fourth-order valence-corrected chi connectivity index (χ4v) is 2.47. The van der Waals surface area contributed by atoms with Crippen molar-refractivity contribution in [2.75, 3.05) is 31.7 Å². The zero-order chi connectivity index (χ0) is 13.7. The number of ether oxygens (including phenoxy) is 1. The average molecular weight is 264 g/mol. The minimum Gasteiger partial charge on any atom is -0.409 e. The van der Waals surface area contributed by atoms with Gasteiger partial charge in [0.25, 0.3) is 0 Å². The van der Waals surface area contributed by atoms with Crippen LogP contribution in [0, 0.1) is 5.92 Å². The Balaban J connectivity index is 2.11. The maximum absolute atomic E-state index is 8.81. The Morgan fingerprint density at radius 3 is 2.95 bits per heavy atom. The molecule has 0 aliphatic carbocycles. The molecule has 1 aromatic rings. The molecule has 1 aliphatic rings. The van der Waals surface area contributed by atoms with Crippen molar-refractivity contribution in [2.24, 2.45) is 16.8 Å². The van der Waals surface area contributed by atoms with Crippen LogP contribution in [-0.2, 0) is 4.74 Å². The summed E-state index contributed by atoms with van der Waals surface area (Å²) in [6.07, 6.45) is 3.81. The highest BCUT2D eigenvalue weighted by Gasteiger charge is 2.22. The van der Waals surface area contributed by atoms with Crippen LogP contribution in [0.15, 0.2) is 23.5 Å². The summed E-state index contributed by atoms with van der Waals surface area (Å²) in [5, 5.41) is 11.9. The van der Waals surface area contributed by atoms with Crippen LogP contribution in [0.4, 0.5) is 5.69 Å². The number of oxime groups is 1. The van der Waals surface area contributed by atoms with Gasteiger partial charge < -0.3 is 20.6 Å². The van der Waals surface area contributed by atoms with E-state index in [0.29, 0.717) is 11.6 Å². The number of pyridine rings is 1. The van der Waals surface area contributed by atoms with Gasteiger partial charge in [0.1, 0.15) is 5.69 Å². The van der Waals surface area contributed by atoms with Gasteiger partial charge in [0.2, 0.25) is 0 Å². The predicted molar refractivity (Wildman–Crippen MR) is 73.6 cm³/mol. The van der Waals surface area contributed by atoms with Gasteiger partial charge in [-0.15, -0.1) is 0 Å². The van der Waals surface area contributed by atoms with Crippen molar-refractivity contribution in [3.8, 4) is 0 Å². The molecule has 3 N–H and O–H groups in total. The summed E-state index contributed by atoms with van der Waals surface area (Å²) >= 11 is 0. The second-order valence-electron chi connectivity index (χ2n) is 4.74. The number of methoxy groups -OCH3 is 1. The Kier molecular flexibility index (Phi) is 4.57. The molecule has 0 bridgehead atoms. The molecule has 0 atom stereocenters. The molecule has 1 aromatic heterocycles. The maximum atomic E-state index is 8.81. The fraction of sp³-hybridized carbons (Fsp3) is 0.538. The van der Waals surface area contributed by atoms with Gasteiger partial charge in [0.05, 0.1) is 5.69 Å². The van der Waals surface area contributed by atoms with E-state index >= 15 is 0 Å². The molecule has 0 unspecified atom stereocenters. The smallest absolute Gasteiger partial charge is 0.190 e. The van der Waals surface area contributed by atoms with Crippen LogP contribution in [0.3, 0.4) is 0 Å². The number of rotatable bonds is 4. The first kappa shape index (κ1) is 13.6. The molecule has 2 heterocycles. The summed E-state index contributed by atoms with van der Waals surface area (Å²) in [6, 6.07) is 3.82. The zero-order valence-electron chi connectivity index (χ0n) is 11.1. The lowest BCUT2D eigenvalue weighted by Gasteiger charge is -2.33. The van der Waals surface area contributed by atoms with Crippen LogP contribution < -0.4 is 10.6 Å². The van der Waals surface area contributed by atoms with Crippen LogP contribution >= 0.6 is 0 Å². The molecular formula is C13H20N4O2. The number of hydrogen-bond donors (Lipinski definition) is 2. The van der Waals surface area contributed by atoms with Gasteiger partial charge in [0, 0.05) is 33.0 Å². The van der Waals surface area contributed by atoms with Gasteiger partial charge in [-0.2, -0.15) is 0 Å². The molecule has 2 rings (SSSR count). The van der Waals surface area contributed by atoms with Crippen molar-refractivity contribution in [2.45, 2.75) is 12.8 Å².